The fourth-order valence-corrected chi connectivity index (χ4v) is 5.78. The Morgan fingerprint density at radius 3 is 2.79 bits per heavy atom. The van der Waals surface area contributed by atoms with Crippen molar-refractivity contribution < 1.29 is 28.3 Å². The maximum Gasteiger partial charge on any atom is 0.352 e. The number of nitrogens with one attached hydrogen (secondary N) is 1. The molecule has 33 heavy (non-hydrogen) atoms. The number of fused-ring (bicyclic) bond motifs is 1. The van der Waals surface area contributed by atoms with E-state index in [0.717, 1.165) is 4.68 Å². The molecule has 0 spiro atoms. The van der Waals surface area contributed by atoms with E-state index in [1.54, 1.807) is 14.0 Å². The first kappa shape index (κ1) is 23.2. The number of hydrogen-bond donors (Lipinski definition) is 2. The van der Waals surface area contributed by atoms with Crippen LogP contribution in [-0.4, -0.2) is 80.7 Å². The first-order chi connectivity index (χ1) is 15.7. The molecule has 4 heterocycles. The summed E-state index contributed by atoms with van der Waals surface area (Å²) >= 11 is 2.58. The number of amides is 2. The van der Waals surface area contributed by atoms with Gasteiger partial charge in [0.1, 0.15) is 29.4 Å². The second-order valence-electron chi connectivity index (χ2n) is 7.25. The van der Waals surface area contributed by atoms with Crippen LogP contribution < -0.4 is 5.32 Å². The van der Waals surface area contributed by atoms with Crippen molar-refractivity contribution in [3.63, 3.8) is 0 Å². The van der Waals surface area contributed by atoms with E-state index in [4.69, 9.17) is 0 Å². The number of hydrogen-bond acceptors (Lipinski definition) is 9. The summed E-state index contributed by atoms with van der Waals surface area (Å²) in [6.45, 7) is 1.20. The lowest BCUT2D eigenvalue weighted by molar-refractivity contribution is -0.150. The summed E-state index contributed by atoms with van der Waals surface area (Å²) in [5.74, 6) is -1.75. The van der Waals surface area contributed by atoms with Gasteiger partial charge in [0.25, 0.3) is 12.3 Å². The van der Waals surface area contributed by atoms with Crippen molar-refractivity contribution in [2.24, 2.45) is 7.05 Å². The molecule has 2 amide bonds. The summed E-state index contributed by atoms with van der Waals surface area (Å²) in [5, 5.41) is 27.0. The summed E-state index contributed by atoms with van der Waals surface area (Å²) in [5.41, 5.74) is 0.376. The van der Waals surface area contributed by atoms with E-state index in [-0.39, 0.29) is 18.0 Å². The predicted octanol–water partition coefficient (Wildman–Crippen LogP) is 0.184. The van der Waals surface area contributed by atoms with Crippen LogP contribution in [0.3, 0.4) is 0 Å². The van der Waals surface area contributed by atoms with Crippen molar-refractivity contribution in [2.75, 3.05) is 11.5 Å². The molecule has 12 nitrogen and oxygen atoms in total. The van der Waals surface area contributed by atoms with E-state index in [9.17, 15) is 28.3 Å². The number of aliphatic carboxylic acids is 1. The Bertz CT molecular complexity index is 1150. The van der Waals surface area contributed by atoms with Crippen LogP contribution in [0, 0.1) is 6.92 Å². The fraction of sp³-hybridized carbons (Fsp3) is 0.471. The minimum atomic E-state index is -2.76. The molecule has 2 aliphatic heterocycles. The topological polar surface area (TPSA) is 148 Å². The zero-order valence-corrected chi connectivity index (χ0v) is 18.9. The largest absolute Gasteiger partial charge is 0.477 e. The highest BCUT2D eigenvalue weighted by Gasteiger charge is 2.54. The number of β-lactam (4-membered cyclic amide) rings is 1. The van der Waals surface area contributed by atoms with Crippen LogP contribution in [0.2, 0.25) is 0 Å². The molecule has 16 heteroatoms. The number of tetrazole rings is 1. The molecule has 0 bridgehead atoms. The third-order valence-electron chi connectivity index (χ3n) is 5.04. The number of aromatic nitrogens is 6. The normalized spacial score (nSPS) is 20.2. The predicted molar refractivity (Wildman–Crippen MR) is 111 cm³/mol. The minimum Gasteiger partial charge on any atom is -0.477 e. The van der Waals surface area contributed by atoms with E-state index >= 15 is 0 Å². The van der Waals surface area contributed by atoms with Gasteiger partial charge in [0, 0.05) is 24.2 Å². The molecule has 1 fully saturated rings. The summed E-state index contributed by atoms with van der Waals surface area (Å²) < 4.78 is 28.2. The minimum absolute atomic E-state index is 0.110. The first-order valence-corrected chi connectivity index (χ1v) is 11.6. The highest BCUT2D eigenvalue weighted by molar-refractivity contribution is 8.01. The summed E-state index contributed by atoms with van der Waals surface area (Å²) in [4.78, 5) is 38.2. The number of halogens is 2. The maximum atomic E-state index is 12.8. The number of rotatable bonds is 8. The average molecular weight is 501 g/mol. The van der Waals surface area contributed by atoms with Gasteiger partial charge < -0.3 is 10.4 Å². The molecule has 2 aliphatic rings. The molecule has 2 aromatic rings. The number of carbonyl (C=O) groups is 3. The lowest BCUT2D eigenvalue weighted by Gasteiger charge is -2.49. The fourth-order valence-electron chi connectivity index (χ4n) is 3.45. The molecule has 4 rings (SSSR count). The molecular weight excluding hydrogens is 482 g/mol. The number of aryl methyl sites for hydroxylation is 2. The Kier molecular flexibility index (Phi) is 6.38. The van der Waals surface area contributed by atoms with Crippen molar-refractivity contribution >= 4 is 41.3 Å². The Labute approximate surface area is 193 Å². The van der Waals surface area contributed by atoms with Gasteiger partial charge in [-0.1, -0.05) is 11.8 Å². The van der Waals surface area contributed by atoms with Crippen LogP contribution in [-0.2, 0) is 28.0 Å². The van der Waals surface area contributed by atoms with Crippen LogP contribution in [0.25, 0.3) is 0 Å². The van der Waals surface area contributed by atoms with Crippen LogP contribution in [0.15, 0.2) is 22.5 Å². The van der Waals surface area contributed by atoms with Crippen molar-refractivity contribution in [3.8, 4) is 0 Å². The van der Waals surface area contributed by atoms with E-state index in [1.807, 2.05) is 0 Å². The van der Waals surface area contributed by atoms with Gasteiger partial charge in [0.05, 0.1) is 0 Å². The standard InChI is InChI=1S/C17H18F2N8O4S2/c1-7-3-9(13(18)19)22-26(7)4-10(28)20-11-14(29)27-12(16(30)31)8(5-32-15(11)27)6-33-17-21-23-24-25(17)2/h3,11,13,15H,4-6H2,1-2H3,(H,20,28)(H,30,31)/t11-,15-/m1/s1. The molecule has 2 N–H and O–H groups in total. The molecule has 2 atom stereocenters. The van der Waals surface area contributed by atoms with Gasteiger partial charge in [-0.05, 0) is 29.0 Å². The highest BCUT2D eigenvalue weighted by atomic mass is 32.2. The number of carboxylic acids is 1. The molecule has 0 unspecified atom stereocenters. The smallest absolute Gasteiger partial charge is 0.352 e. The van der Waals surface area contributed by atoms with Crippen molar-refractivity contribution in [1.82, 2.24) is 40.2 Å². The van der Waals surface area contributed by atoms with Gasteiger partial charge >= 0.3 is 5.97 Å². The zero-order valence-electron chi connectivity index (χ0n) is 17.3. The second kappa shape index (κ2) is 9.09. The monoisotopic (exact) mass is 500 g/mol. The van der Waals surface area contributed by atoms with Gasteiger partial charge in [-0.15, -0.1) is 16.9 Å². The molecular formula is C17H18F2N8O4S2. The lowest BCUT2D eigenvalue weighted by atomic mass is 10.0. The molecule has 1 saturated heterocycles. The van der Waals surface area contributed by atoms with Crippen molar-refractivity contribution in [2.45, 2.75) is 36.5 Å². The van der Waals surface area contributed by atoms with Gasteiger partial charge in [-0.3, -0.25) is 19.2 Å². The Balaban J connectivity index is 1.43. The Hall–Kier alpha value is -3.01. The number of alkyl halides is 2. The molecule has 0 aliphatic carbocycles. The zero-order chi connectivity index (χ0) is 23.9. The SMILES string of the molecule is Cc1cc(C(F)F)nn1CC(=O)N[C@@H]1C(=O)N2C(C(=O)O)=C(CSc3nnnn3C)CS[C@H]12. The third-order valence-corrected chi connectivity index (χ3v) is 7.48. The van der Waals surface area contributed by atoms with Gasteiger partial charge in [-0.25, -0.2) is 18.3 Å². The summed E-state index contributed by atoms with van der Waals surface area (Å²) in [7, 11) is 1.66. The summed E-state index contributed by atoms with van der Waals surface area (Å²) in [6.07, 6.45) is -2.76. The van der Waals surface area contributed by atoms with Crippen LogP contribution in [0.4, 0.5) is 8.78 Å². The molecule has 0 aromatic carbocycles. The first-order valence-electron chi connectivity index (χ1n) is 9.54. The van der Waals surface area contributed by atoms with E-state index in [1.165, 1.54) is 39.2 Å². The third kappa shape index (κ3) is 4.44. The van der Waals surface area contributed by atoms with E-state index in [0.29, 0.717) is 22.2 Å². The number of thioether (sulfide) groups is 2. The average Bonchev–Trinajstić information content (AvgIpc) is 3.34. The van der Waals surface area contributed by atoms with Gasteiger partial charge in [0.15, 0.2) is 0 Å². The Morgan fingerprint density at radius 2 is 2.18 bits per heavy atom. The number of carboxylic acid groups (broad SMARTS) is 1. The second-order valence-corrected chi connectivity index (χ2v) is 9.30. The lowest BCUT2D eigenvalue weighted by Crippen LogP contribution is -2.70. The van der Waals surface area contributed by atoms with Crippen molar-refractivity contribution in [1.29, 1.82) is 0 Å². The summed E-state index contributed by atoms with van der Waals surface area (Å²) in [6, 6.07) is 0.269. The van der Waals surface area contributed by atoms with E-state index in [2.05, 4.69) is 25.9 Å². The van der Waals surface area contributed by atoms with Gasteiger partial charge in [0.2, 0.25) is 11.1 Å². The number of nitrogens with zero attached hydrogens (tertiary/aromatic N) is 7. The van der Waals surface area contributed by atoms with Crippen molar-refractivity contribution in [3.05, 3.63) is 28.7 Å². The van der Waals surface area contributed by atoms with Gasteiger partial charge in [-0.2, -0.15) is 5.10 Å². The quantitative estimate of drug-likeness (QED) is 0.380. The van der Waals surface area contributed by atoms with Crippen LogP contribution in [0.5, 0.6) is 0 Å². The van der Waals surface area contributed by atoms with Crippen LogP contribution >= 0.6 is 23.5 Å². The Morgan fingerprint density at radius 1 is 1.42 bits per heavy atom. The molecule has 176 valence electrons. The molecule has 0 radical (unpaired) electrons. The highest BCUT2D eigenvalue weighted by Crippen LogP contribution is 2.41. The van der Waals surface area contributed by atoms with E-state index < -0.39 is 41.3 Å². The molecule has 2 aromatic heterocycles. The van der Waals surface area contributed by atoms with Crippen LogP contribution in [0.1, 0.15) is 17.8 Å². The molecule has 0 saturated carbocycles. The number of carbonyl (C=O) groups excluding carboxylic acids is 2. The maximum absolute atomic E-state index is 12.8.